The molecule has 1 aliphatic rings. The number of pyridine rings is 1. The molecule has 1 aliphatic heterocycles. The van der Waals surface area contributed by atoms with Gasteiger partial charge in [0.1, 0.15) is 6.61 Å². The largest absolute Gasteiger partial charge is 0.488 e. The number of halogens is 1. The van der Waals surface area contributed by atoms with Crippen LogP contribution in [-0.4, -0.2) is 24.3 Å². The van der Waals surface area contributed by atoms with Gasteiger partial charge in [-0.2, -0.15) is 0 Å². The lowest BCUT2D eigenvalue weighted by molar-refractivity contribution is 0.0679. The molecule has 0 bridgehead atoms. The molecular formula is C10H12ClNO2. The van der Waals surface area contributed by atoms with E-state index < -0.39 is 0 Å². The topological polar surface area (TPSA) is 31.4 Å². The van der Waals surface area contributed by atoms with E-state index in [9.17, 15) is 0 Å². The van der Waals surface area contributed by atoms with Crippen LogP contribution in [0.4, 0.5) is 0 Å². The Morgan fingerprint density at radius 2 is 2.57 bits per heavy atom. The van der Waals surface area contributed by atoms with Crippen molar-refractivity contribution in [2.24, 2.45) is 0 Å². The summed E-state index contributed by atoms with van der Waals surface area (Å²) in [6.07, 6.45) is 4.04. The minimum atomic E-state index is 0.214. The zero-order chi connectivity index (χ0) is 9.80. The van der Waals surface area contributed by atoms with E-state index in [1.807, 2.05) is 6.07 Å². The highest BCUT2D eigenvalue weighted by atomic mass is 35.5. The summed E-state index contributed by atoms with van der Waals surface area (Å²) in [4.78, 5) is 3.92. The molecule has 0 aromatic carbocycles. The first-order valence-electron chi connectivity index (χ1n) is 4.71. The smallest absolute Gasteiger partial charge is 0.171 e. The van der Waals surface area contributed by atoms with E-state index in [0.717, 1.165) is 19.4 Å². The molecule has 2 rings (SSSR count). The quantitative estimate of drug-likeness (QED) is 0.722. The monoisotopic (exact) mass is 213 g/mol. The molecule has 1 fully saturated rings. The van der Waals surface area contributed by atoms with E-state index in [0.29, 0.717) is 17.5 Å². The minimum Gasteiger partial charge on any atom is -0.488 e. The predicted octanol–water partition coefficient (Wildman–Crippen LogP) is 2.29. The third-order valence-corrected chi connectivity index (χ3v) is 2.46. The van der Waals surface area contributed by atoms with Crippen molar-refractivity contribution in [1.82, 2.24) is 4.98 Å². The molecule has 0 spiro atoms. The predicted molar refractivity (Wildman–Crippen MR) is 53.7 cm³/mol. The maximum atomic E-state index is 5.83. The van der Waals surface area contributed by atoms with Crippen LogP contribution in [0.3, 0.4) is 0 Å². The lowest BCUT2D eigenvalue weighted by Gasteiger charge is -2.11. The Balaban J connectivity index is 1.88. The Morgan fingerprint density at radius 1 is 1.64 bits per heavy atom. The van der Waals surface area contributed by atoms with Crippen LogP contribution in [0.2, 0.25) is 5.15 Å². The van der Waals surface area contributed by atoms with Crippen LogP contribution >= 0.6 is 11.6 Å². The van der Waals surface area contributed by atoms with Crippen molar-refractivity contribution in [3.63, 3.8) is 0 Å². The zero-order valence-corrected chi connectivity index (χ0v) is 8.54. The van der Waals surface area contributed by atoms with Crippen molar-refractivity contribution in [3.05, 3.63) is 23.5 Å². The first-order chi connectivity index (χ1) is 6.86. The maximum Gasteiger partial charge on any atom is 0.171 e. The standard InChI is InChI=1S/C10H12ClNO2/c11-10-9(4-1-5-12-10)14-7-8-3-2-6-13-8/h1,4-5,8H,2-3,6-7H2. The van der Waals surface area contributed by atoms with E-state index in [1.54, 1.807) is 12.3 Å². The van der Waals surface area contributed by atoms with Gasteiger partial charge in [-0.05, 0) is 25.0 Å². The third kappa shape index (κ3) is 2.36. The SMILES string of the molecule is Clc1ncccc1OCC1CCCO1. The van der Waals surface area contributed by atoms with Crippen molar-refractivity contribution in [1.29, 1.82) is 0 Å². The Hall–Kier alpha value is -0.800. The second-order valence-corrected chi connectivity index (χ2v) is 3.60. The Kier molecular flexibility index (Phi) is 3.22. The Bertz CT molecular complexity index is 300. The summed E-state index contributed by atoms with van der Waals surface area (Å²) in [7, 11) is 0. The maximum absolute atomic E-state index is 5.83. The van der Waals surface area contributed by atoms with Crippen molar-refractivity contribution < 1.29 is 9.47 Å². The van der Waals surface area contributed by atoms with Crippen molar-refractivity contribution >= 4 is 11.6 Å². The van der Waals surface area contributed by atoms with Gasteiger partial charge in [0.15, 0.2) is 10.9 Å². The summed E-state index contributed by atoms with van der Waals surface area (Å²) in [5.41, 5.74) is 0. The number of hydrogen-bond acceptors (Lipinski definition) is 3. The summed E-state index contributed by atoms with van der Waals surface area (Å²) in [5, 5.41) is 0.408. The summed E-state index contributed by atoms with van der Waals surface area (Å²) in [5.74, 6) is 0.629. The third-order valence-electron chi connectivity index (χ3n) is 2.17. The lowest BCUT2D eigenvalue weighted by Crippen LogP contribution is -2.16. The highest BCUT2D eigenvalue weighted by Gasteiger charge is 2.16. The van der Waals surface area contributed by atoms with Gasteiger partial charge in [-0.15, -0.1) is 0 Å². The molecule has 1 unspecified atom stereocenters. The van der Waals surface area contributed by atoms with Crippen LogP contribution in [0.25, 0.3) is 0 Å². The molecule has 0 amide bonds. The van der Waals surface area contributed by atoms with Gasteiger partial charge in [0, 0.05) is 12.8 Å². The molecule has 3 nitrogen and oxygen atoms in total. The number of hydrogen-bond donors (Lipinski definition) is 0. The van der Waals surface area contributed by atoms with E-state index in [-0.39, 0.29) is 6.10 Å². The first-order valence-corrected chi connectivity index (χ1v) is 5.09. The second kappa shape index (κ2) is 4.62. The van der Waals surface area contributed by atoms with Gasteiger partial charge >= 0.3 is 0 Å². The van der Waals surface area contributed by atoms with Crippen LogP contribution in [0.1, 0.15) is 12.8 Å². The Morgan fingerprint density at radius 3 is 3.29 bits per heavy atom. The molecule has 1 aromatic heterocycles. The van der Waals surface area contributed by atoms with Crippen LogP contribution in [0.5, 0.6) is 5.75 Å². The van der Waals surface area contributed by atoms with Crippen molar-refractivity contribution in [3.8, 4) is 5.75 Å². The van der Waals surface area contributed by atoms with Gasteiger partial charge in [-0.25, -0.2) is 4.98 Å². The van der Waals surface area contributed by atoms with E-state index in [1.165, 1.54) is 0 Å². The molecule has 1 aromatic rings. The Labute approximate surface area is 88.0 Å². The van der Waals surface area contributed by atoms with E-state index in [4.69, 9.17) is 21.1 Å². The molecular weight excluding hydrogens is 202 g/mol. The normalized spacial score (nSPS) is 21.1. The minimum absolute atomic E-state index is 0.214. The first kappa shape index (κ1) is 9.74. The fraction of sp³-hybridized carbons (Fsp3) is 0.500. The molecule has 0 N–H and O–H groups in total. The number of nitrogens with zero attached hydrogens (tertiary/aromatic N) is 1. The van der Waals surface area contributed by atoms with Crippen LogP contribution in [0.15, 0.2) is 18.3 Å². The van der Waals surface area contributed by atoms with Gasteiger partial charge in [-0.1, -0.05) is 11.6 Å². The highest BCUT2D eigenvalue weighted by Crippen LogP contribution is 2.21. The molecule has 4 heteroatoms. The fourth-order valence-corrected chi connectivity index (χ4v) is 1.61. The van der Waals surface area contributed by atoms with Crippen LogP contribution in [-0.2, 0) is 4.74 Å². The molecule has 0 saturated carbocycles. The van der Waals surface area contributed by atoms with E-state index in [2.05, 4.69) is 4.98 Å². The van der Waals surface area contributed by atoms with Gasteiger partial charge in [0.25, 0.3) is 0 Å². The molecule has 14 heavy (non-hydrogen) atoms. The number of rotatable bonds is 3. The lowest BCUT2D eigenvalue weighted by atomic mass is 10.2. The zero-order valence-electron chi connectivity index (χ0n) is 7.78. The summed E-state index contributed by atoms with van der Waals surface area (Å²) in [6.45, 7) is 1.40. The van der Waals surface area contributed by atoms with Gasteiger partial charge < -0.3 is 9.47 Å². The van der Waals surface area contributed by atoms with Crippen LogP contribution < -0.4 is 4.74 Å². The summed E-state index contributed by atoms with van der Waals surface area (Å²) in [6, 6.07) is 3.61. The number of ether oxygens (including phenoxy) is 2. The van der Waals surface area contributed by atoms with Crippen molar-refractivity contribution in [2.45, 2.75) is 18.9 Å². The fourth-order valence-electron chi connectivity index (χ4n) is 1.44. The van der Waals surface area contributed by atoms with Gasteiger partial charge in [-0.3, -0.25) is 0 Å². The van der Waals surface area contributed by atoms with Crippen molar-refractivity contribution in [2.75, 3.05) is 13.2 Å². The second-order valence-electron chi connectivity index (χ2n) is 3.24. The molecule has 0 aliphatic carbocycles. The average Bonchev–Trinajstić information content (AvgIpc) is 2.69. The molecule has 0 radical (unpaired) electrons. The van der Waals surface area contributed by atoms with Crippen LogP contribution in [0, 0.1) is 0 Å². The van der Waals surface area contributed by atoms with Gasteiger partial charge in [0.2, 0.25) is 0 Å². The summed E-state index contributed by atoms with van der Waals surface area (Å²) >= 11 is 5.83. The molecule has 1 saturated heterocycles. The summed E-state index contributed by atoms with van der Waals surface area (Å²) < 4.78 is 10.9. The van der Waals surface area contributed by atoms with Gasteiger partial charge in [0.05, 0.1) is 6.10 Å². The number of aromatic nitrogens is 1. The van der Waals surface area contributed by atoms with E-state index >= 15 is 0 Å². The molecule has 76 valence electrons. The highest BCUT2D eigenvalue weighted by molar-refractivity contribution is 6.30. The average molecular weight is 214 g/mol. The molecule has 2 heterocycles. The molecule has 1 atom stereocenters.